The number of allylic oxidation sites excluding steroid dienone is 1. The Morgan fingerprint density at radius 1 is 1.45 bits per heavy atom. The van der Waals surface area contributed by atoms with Gasteiger partial charge in [0.15, 0.2) is 5.78 Å². The summed E-state index contributed by atoms with van der Waals surface area (Å²) < 4.78 is 1.74. The largest absolute Gasteiger partial charge is 0.389 e. The first-order valence-corrected chi connectivity index (χ1v) is 7.75. The zero-order valence-electron chi connectivity index (χ0n) is 13.3. The van der Waals surface area contributed by atoms with Gasteiger partial charge in [-0.25, -0.2) is 0 Å². The lowest BCUT2D eigenvalue weighted by Crippen LogP contribution is -2.26. The second-order valence-corrected chi connectivity index (χ2v) is 6.85. The molecule has 0 unspecified atom stereocenters. The van der Waals surface area contributed by atoms with Crippen molar-refractivity contribution in [3.05, 3.63) is 35.5 Å². The lowest BCUT2D eigenvalue weighted by Gasteiger charge is -2.17. The number of ketones is 1. The van der Waals surface area contributed by atoms with Gasteiger partial charge in [0.05, 0.1) is 17.7 Å². The summed E-state index contributed by atoms with van der Waals surface area (Å²) in [7, 11) is 0. The number of Topliss-reactive ketones (excluding diaryl/α,β-unsaturated/α-hetero) is 1. The molecule has 0 aliphatic heterocycles. The highest BCUT2D eigenvalue weighted by atomic mass is 16.3. The fraction of sp³-hybridized carbons (Fsp3) is 0.444. The van der Waals surface area contributed by atoms with E-state index >= 15 is 0 Å². The average Bonchev–Trinajstić information content (AvgIpc) is 3.18. The third-order valence-electron chi connectivity index (χ3n) is 3.83. The minimum atomic E-state index is -0.882. The van der Waals surface area contributed by atoms with Crippen molar-refractivity contribution in [2.75, 3.05) is 0 Å². The quantitative estimate of drug-likeness (QED) is 0.860. The van der Waals surface area contributed by atoms with Crippen LogP contribution in [-0.4, -0.2) is 26.3 Å². The van der Waals surface area contributed by atoms with Gasteiger partial charge < -0.3 is 5.11 Å². The van der Waals surface area contributed by atoms with Gasteiger partial charge in [-0.15, -0.1) is 0 Å². The molecular formula is C18H22N2O2. The van der Waals surface area contributed by atoms with Crippen molar-refractivity contribution in [1.82, 2.24) is 9.78 Å². The zero-order valence-corrected chi connectivity index (χ0v) is 13.3. The molecule has 1 aliphatic rings. The topological polar surface area (TPSA) is 55.1 Å². The van der Waals surface area contributed by atoms with Crippen molar-refractivity contribution >= 4 is 22.8 Å². The first kappa shape index (κ1) is 15.0. The molecule has 3 rings (SSSR count). The number of aromatic nitrogens is 2. The molecule has 0 spiro atoms. The van der Waals surface area contributed by atoms with Crippen LogP contribution in [0, 0.1) is 5.92 Å². The van der Waals surface area contributed by atoms with Crippen LogP contribution in [0.1, 0.15) is 49.7 Å². The molecule has 1 aromatic carbocycles. The van der Waals surface area contributed by atoms with E-state index in [9.17, 15) is 9.90 Å². The molecule has 1 heterocycles. The average molecular weight is 298 g/mol. The Bertz CT molecular complexity index is 746. The molecule has 0 radical (unpaired) electrons. The van der Waals surface area contributed by atoms with E-state index in [2.05, 4.69) is 17.3 Å². The second-order valence-electron chi connectivity index (χ2n) is 6.85. The normalized spacial score (nSPS) is 15.8. The van der Waals surface area contributed by atoms with E-state index in [-0.39, 0.29) is 5.78 Å². The van der Waals surface area contributed by atoms with E-state index in [1.165, 1.54) is 19.8 Å². The van der Waals surface area contributed by atoms with Gasteiger partial charge in [0, 0.05) is 12.3 Å². The van der Waals surface area contributed by atoms with E-state index in [1.54, 1.807) is 18.5 Å². The van der Waals surface area contributed by atoms with Crippen LogP contribution >= 0.6 is 0 Å². The Morgan fingerprint density at radius 3 is 2.77 bits per heavy atom. The summed E-state index contributed by atoms with van der Waals surface area (Å²) in [4.78, 5) is 11.8. The minimum absolute atomic E-state index is 0.0548. The number of rotatable bonds is 5. The van der Waals surface area contributed by atoms with Gasteiger partial charge in [0.1, 0.15) is 5.69 Å². The van der Waals surface area contributed by atoms with E-state index in [4.69, 9.17) is 0 Å². The number of carbonyl (C=O) groups excluding carboxylic acids is 1. The van der Waals surface area contributed by atoms with Crippen molar-refractivity contribution in [1.29, 1.82) is 0 Å². The number of fused-ring (bicyclic) bond motifs is 1. The second kappa shape index (κ2) is 5.36. The molecule has 1 fully saturated rings. The maximum Gasteiger partial charge on any atom is 0.180 e. The smallest absolute Gasteiger partial charge is 0.180 e. The highest BCUT2D eigenvalue weighted by molar-refractivity contribution is 6.05. The molecule has 116 valence electrons. The number of aliphatic hydroxyl groups is 1. The minimum Gasteiger partial charge on any atom is -0.389 e. The molecule has 0 amide bonds. The first-order chi connectivity index (χ1) is 10.3. The summed E-state index contributed by atoms with van der Waals surface area (Å²) in [5.74, 6) is 0.672. The van der Waals surface area contributed by atoms with Crippen LogP contribution in [0.2, 0.25) is 0 Å². The Labute approximate surface area is 130 Å². The van der Waals surface area contributed by atoms with Gasteiger partial charge in [0.25, 0.3) is 0 Å². The van der Waals surface area contributed by atoms with Crippen molar-refractivity contribution < 1.29 is 9.90 Å². The third-order valence-corrected chi connectivity index (χ3v) is 3.83. The molecule has 1 saturated carbocycles. The molecule has 0 saturated heterocycles. The lowest BCUT2D eigenvalue weighted by molar-refractivity contribution is 0.0588. The van der Waals surface area contributed by atoms with Crippen molar-refractivity contribution in [3.8, 4) is 0 Å². The van der Waals surface area contributed by atoms with Crippen LogP contribution < -0.4 is 0 Å². The van der Waals surface area contributed by atoms with Crippen molar-refractivity contribution in [3.63, 3.8) is 0 Å². The van der Waals surface area contributed by atoms with Gasteiger partial charge >= 0.3 is 0 Å². The SMILES string of the molecule is CC(=O)c1nn(CC(C)(C)O)c2cc(/C=C/C3CC3)ccc12. The van der Waals surface area contributed by atoms with Gasteiger partial charge in [-0.05, 0) is 50.3 Å². The first-order valence-electron chi connectivity index (χ1n) is 7.75. The Balaban J connectivity index is 2.06. The van der Waals surface area contributed by atoms with Gasteiger partial charge in [-0.1, -0.05) is 18.2 Å². The molecule has 0 atom stereocenters. The number of benzene rings is 1. The lowest BCUT2D eigenvalue weighted by atomic mass is 10.1. The molecule has 4 nitrogen and oxygen atoms in total. The summed E-state index contributed by atoms with van der Waals surface area (Å²) in [5.41, 5.74) is 1.58. The summed E-state index contributed by atoms with van der Waals surface area (Å²) in [6.45, 7) is 5.36. The van der Waals surface area contributed by atoms with Gasteiger partial charge in [-0.2, -0.15) is 5.10 Å². The van der Waals surface area contributed by atoms with Crippen LogP contribution in [0.15, 0.2) is 24.3 Å². The fourth-order valence-corrected chi connectivity index (χ4v) is 2.58. The molecular weight excluding hydrogens is 276 g/mol. The van der Waals surface area contributed by atoms with Crippen LogP contribution in [0.4, 0.5) is 0 Å². The van der Waals surface area contributed by atoms with Gasteiger partial charge in [-0.3, -0.25) is 9.48 Å². The highest BCUT2D eigenvalue weighted by Crippen LogP contribution is 2.31. The maximum atomic E-state index is 11.8. The fourth-order valence-electron chi connectivity index (χ4n) is 2.58. The monoisotopic (exact) mass is 298 g/mol. The third kappa shape index (κ3) is 3.28. The highest BCUT2D eigenvalue weighted by Gasteiger charge is 2.20. The van der Waals surface area contributed by atoms with E-state index < -0.39 is 5.60 Å². The summed E-state index contributed by atoms with van der Waals surface area (Å²) in [5, 5.41) is 15.3. The summed E-state index contributed by atoms with van der Waals surface area (Å²) >= 11 is 0. The predicted molar refractivity (Wildman–Crippen MR) is 87.8 cm³/mol. The van der Waals surface area contributed by atoms with E-state index in [0.717, 1.165) is 22.4 Å². The van der Waals surface area contributed by atoms with E-state index in [1.807, 2.05) is 18.2 Å². The van der Waals surface area contributed by atoms with Crippen LogP contribution in [-0.2, 0) is 6.54 Å². The Hall–Kier alpha value is -1.94. The molecule has 1 aliphatic carbocycles. The molecule has 0 bridgehead atoms. The zero-order chi connectivity index (χ0) is 15.9. The molecule has 4 heteroatoms. The molecule has 22 heavy (non-hydrogen) atoms. The van der Waals surface area contributed by atoms with Crippen molar-refractivity contribution in [2.24, 2.45) is 5.92 Å². The number of hydrogen-bond donors (Lipinski definition) is 1. The number of hydrogen-bond acceptors (Lipinski definition) is 3. The molecule has 1 N–H and O–H groups in total. The number of carbonyl (C=O) groups is 1. The van der Waals surface area contributed by atoms with Crippen LogP contribution in [0.3, 0.4) is 0 Å². The van der Waals surface area contributed by atoms with Crippen molar-refractivity contribution in [2.45, 2.75) is 45.8 Å². The van der Waals surface area contributed by atoms with Gasteiger partial charge in [0.2, 0.25) is 0 Å². The maximum absolute atomic E-state index is 11.8. The van der Waals surface area contributed by atoms with Crippen LogP contribution in [0.5, 0.6) is 0 Å². The summed E-state index contributed by atoms with van der Waals surface area (Å²) in [6.07, 6.45) is 6.93. The van der Waals surface area contributed by atoms with E-state index in [0.29, 0.717) is 12.2 Å². The molecule has 2 aromatic rings. The summed E-state index contributed by atoms with van der Waals surface area (Å²) in [6, 6.07) is 6.01. The van der Waals surface area contributed by atoms with Crippen LogP contribution in [0.25, 0.3) is 17.0 Å². The Kier molecular flexibility index (Phi) is 3.65. The number of nitrogens with zero attached hydrogens (tertiary/aromatic N) is 2. The predicted octanol–water partition coefficient (Wildman–Crippen LogP) is 3.43. The Morgan fingerprint density at radius 2 is 2.18 bits per heavy atom. The molecule has 1 aromatic heterocycles. The standard InChI is InChI=1S/C18H22N2O2/c1-12(21)17-15-9-8-14(7-6-13-4-5-13)10-16(15)20(19-17)11-18(2,3)22/h6-10,13,22H,4-5,11H2,1-3H3/b7-6+.